The molecule has 2 heterocycles. The monoisotopic (exact) mass is 329 g/mol. The van der Waals surface area contributed by atoms with Gasteiger partial charge < -0.3 is 14.2 Å². The zero-order valence-electron chi connectivity index (χ0n) is 13.3. The van der Waals surface area contributed by atoms with E-state index >= 15 is 0 Å². The Kier molecular flexibility index (Phi) is 4.35. The van der Waals surface area contributed by atoms with Gasteiger partial charge in [0.25, 0.3) is 5.89 Å². The van der Waals surface area contributed by atoms with Crippen LogP contribution in [0, 0.1) is 12.8 Å². The molecule has 0 spiro atoms. The first kappa shape index (κ1) is 16.3. The second kappa shape index (κ2) is 6.14. The molecular formula is C15H21F2N3O3. The van der Waals surface area contributed by atoms with Crippen molar-refractivity contribution in [1.82, 2.24) is 15.0 Å². The van der Waals surface area contributed by atoms with Gasteiger partial charge in [-0.25, -0.2) is 8.78 Å². The summed E-state index contributed by atoms with van der Waals surface area (Å²) < 4.78 is 37.5. The molecule has 1 aromatic rings. The van der Waals surface area contributed by atoms with E-state index in [1.807, 2.05) is 6.92 Å². The standard InChI is InChI=1S/C15H21F2N3O3/c1-9-12(13-18-10(2)19-23-13)20(7-8-22-9)14(21)11-3-5-15(16,17)6-4-11/h9,11-12H,3-8H2,1-2H3/t9-,12+/m1/s1. The third kappa shape index (κ3) is 3.36. The Bertz CT molecular complexity index is 568. The van der Waals surface area contributed by atoms with Crippen LogP contribution in [0.2, 0.25) is 0 Å². The lowest BCUT2D eigenvalue weighted by atomic mass is 9.85. The molecule has 1 aromatic heterocycles. The van der Waals surface area contributed by atoms with E-state index in [4.69, 9.17) is 9.26 Å². The molecule has 0 N–H and O–H groups in total. The second-order valence-corrected chi connectivity index (χ2v) is 6.36. The molecule has 0 aromatic carbocycles. The lowest BCUT2D eigenvalue weighted by molar-refractivity contribution is -0.155. The molecular weight excluding hydrogens is 308 g/mol. The molecule has 0 unspecified atom stereocenters. The molecule has 2 aliphatic rings. The molecule has 23 heavy (non-hydrogen) atoms. The lowest BCUT2D eigenvalue weighted by Gasteiger charge is -2.40. The topological polar surface area (TPSA) is 68.5 Å². The van der Waals surface area contributed by atoms with Crippen molar-refractivity contribution in [3.63, 3.8) is 0 Å². The van der Waals surface area contributed by atoms with Crippen molar-refractivity contribution < 1.29 is 22.8 Å². The maximum atomic E-state index is 13.3. The number of ether oxygens (including phenoxy) is 1. The number of nitrogens with zero attached hydrogens (tertiary/aromatic N) is 3. The Morgan fingerprint density at radius 3 is 2.65 bits per heavy atom. The van der Waals surface area contributed by atoms with Crippen molar-refractivity contribution in [1.29, 1.82) is 0 Å². The molecule has 2 fully saturated rings. The number of halogens is 2. The zero-order chi connectivity index (χ0) is 16.6. The minimum Gasteiger partial charge on any atom is -0.374 e. The predicted octanol–water partition coefficient (Wildman–Crippen LogP) is 2.49. The maximum absolute atomic E-state index is 13.3. The summed E-state index contributed by atoms with van der Waals surface area (Å²) >= 11 is 0. The van der Waals surface area contributed by atoms with E-state index in [2.05, 4.69) is 10.1 Å². The smallest absolute Gasteiger partial charge is 0.252 e. The van der Waals surface area contributed by atoms with Crippen LogP contribution in [0.4, 0.5) is 8.78 Å². The molecule has 1 saturated heterocycles. The van der Waals surface area contributed by atoms with Crippen LogP contribution in [-0.2, 0) is 9.53 Å². The predicted molar refractivity (Wildman–Crippen MR) is 75.8 cm³/mol. The zero-order valence-corrected chi connectivity index (χ0v) is 13.3. The fourth-order valence-electron chi connectivity index (χ4n) is 3.36. The van der Waals surface area contributed by atoms with Crippen molar-refractivity contribution in [2.24, 2.45) is 5.92 Å². The number of amides is 1. The van der Waals surface area contributed by atoms with E-state index in [9.17, 15) is 13.6 Å². The number of aromatic nitrogens is 2. The van der Waals surface area contributed by atoms with Crippen LogP contribution in [0.5, 0.6) is 0 Å². The van der Waals surface area contributed by atoms with Gasteiger partial charge in [-0.05, 0) is 26.7 Å². The first-order chi connectivity index (χ1) is 10.9. The highest BCUT2D eigenvalue weighted by molar-refractivity contribution is 5.79. The van der Waals surface area contributed by atoms with Gasteiger partial charge in [-0.15, -0.1) is 0 Å². The quantitative estimate of drug-likeness (QED) is 0.834. The van der Waals surface area contributed by atoms with Crippen molar-refractivity contribution in [2.75, 3.05) is 13.2 Å². The van der Waals surface area contributed by atoms with Crippen LogP contribution in [-0.4, -0.2) is 46.1 Å². The summed E-state index contributed by atoms with van der Waals surface area (Å²) in [5.74, 6) is -2.30. The highest BCUT2D eigenvalue weighted by atomic mass is 19.3. The summed E-state index contributed by atoms with van der Waals surface area (Å²) in [6.07, 6.45) is -0.306. The SMILES string of the molecule is Cc1noc([C@@H]2[C@@H](C)OCCN2C(=O)C2CCC(F)(F)CC2)n1. The van der Waals surface area contributed by atoms with Gasteiger partial charge in [-0.2, -0.15) is 4.98 Å². The Balaban J connectivity index is 1.77. The van der Waals surface area contributed by atoms with Gasteiger partial charge in [0.1, 0.15) is 6.04 Å². The van der Waals surface area contributed by atoms with E-state index in [1.165, 1.54) is 0 Å². The Hall–Kier alpha value is -1.57. The minimum absolute atomic E-state index is 0.114. The average molecular weight is 329 g/mol. The van der Waals surface area contributed by atoms with E-state index in [-0.39, 0.29) is 43.6 Å². The summed E-state index contributed by atoms with van der Waals surface area (Å²) in [5, 5.41) is 3.77. The number of rotatable bonds is 2. The fraction of sp³-hybridized carbons (Fsp3) is 0.800. The van der Waals surface area contributed by atoms with Gasteiger partial charge in [0, 0.05) is 25.3 Å². The molecule has 0 bridgehead atoms. The summed E-state index contributed by atoms with van der Waals surface area (Å²) in [5.41, 5.74) is 0. The summed E-state index contributed by atoms with van der Waals surface area (Å²) in [7, 11) is 0. The first-order valence-corrected chi connectivity index (χ1v) is 7.97. The molecule has 1 aliphatic heterocycles. The number of alkyl halides is 2. The van der Waals surface area contributed by atoms with Crippen molar-refractivity contribution in [3.8, 4) is 0 Å². The van der Waals surface area contributed by atoms with Crippen molar-refractivity contribution >= 4 is 5.91 Å². The van der Waals surface area contributed by atoms with E-state index in [1.54, 1.807) is 11.8 Å². The molecule has 128 valence electrons. The van der Waals surface area contributed by atoms with Gasteiger partial charge in [0.05, 0.1) is 12.7 Å². The van der Waals surface area contributed by atoms with Crippen LogP contribution >= 0.6 is 0 Å². The number of carbonyl (C=O) groups excluding carboxylic acids is 1. The number of hydrogen-bond donors (Lipinski definition) is 0. The maximum Gasteiger partial charge on any atom is 0.252 e. The molecule has 0 radical (unpaired) electrons. The summed E-state index contributed by atoms with van der Waals surface area (Å²) in [4.78, 5) is 18.7. The molecule has 2 atom stereocenters. The highest BCUT2D eigenvalue weighted by Gasteiger charge is 2.43. The average Bonchev–Trinajstić information content (AvgIpc) is 2.92. The second-order valence-electron chi connectivity index (χ2n) is 6.36. The third-order valence-electron chi connectivity index (χ3n) is 4.64. The first-order valence-electron chi connectivity index (χ1n) is 7.97. The van der Waals surface area contributed by atoms with Crippen LogP contribution in [0.3, 0.4) is 0 Å². The van der Waals surface area contributed by atoms with Crippen LogP contribution in [0.15, 0.2) is 4.52 Å². The van der Waals surface area contributed by atoms with Crippen molar-refractivity contribution in [3.05, 3.63) is 11.7 Å². The van der Waals surface area contributed by atoms with Gasteiger partial charge in [-0.3, -0.25) is 4.79 Å². The highest BCUT2D eigenvalue weighted by Crippen LogP contribution is 2.38. The molecule has 1 amide bonds. The normalized spacial score (nSPS) is 28.8. The van der Waals surface area contributed by atoms with Gasteiger partial charge in [0.2, 0.25) is 11.8 Å². The minimum atomic E-state index is -2.64. The number of hydrogen-bond acceptors (Lipinski definition) is 5. The lowest BCUT2D eigenvalue weighted by Crippen LogP contribution is -2.50. The summed E-state index contributed by atoms with van der Waals surface area (Å²) in [6.45, 7) is 4.37. The molecule has 6 nitrogen and oxygen atoms in total. The van der Waals surface area contributed by atoms with Crippen LogP contribution in [0.25, 0.3) is 0 Å². The van der Waals surface area contributed by atoms with Crippen LogP contribution in [0.1, 0.15) is 50.4 Å². The van der Waals surface area contributed by atoms with Gasteiger partial charge >= 0.3 is 0 Å². The Morgan fingerprint density at radius 2 is 2.04 bits per heavy atom. The molecule has 1 saturated carbocycles. The molecule has 1 aliphatic carbocycles. The summed E-state index contributed by atoms with van der Waals surface area (Å²) in [6, 6.07) is -0.458. The number of carbonyl (C=O) groups is 1. The Morgan fingerprint density at radius 1 is 1.35 bits per heavy atom. The number of aryl methyl sites for hydroxylation is 1. The number of morpholine rings is 1. The van der Waals surface area contributed by atoms with Crippen LogP contribution < -0.4 is 0 Å². The van der Waals surface area contributed by atoms with Crippen molar-refractivity contribution in [2.45, 2.75) is 57.6 Å². The van der Waals surface area contributed by atoms with E-state index < -0.39 is 12.0 Å². The van der Waals surface area contributed by atoms with E-state index in [0.29, 0.717) is 24.9 Å². The fourth-order valence-corrected chi connectivity index (χ4v) is 3.36. The molecule has 3 rings (SSSR count). The Labute approximate surface area is 133 Å². The van der Waals surface area contributed by atoms with Gasteiger partial charge in [-0.1, -0.05) is 5.16 Å². The van der Waals surface area contributed by atoms with Gasteiger partial charge in [0.15, 0.2) is 5.82 Å². The molecule has 8 heteroatoms. The van der Waals surface area contributed by atoms with E-state index in [0.717, 1.165) is 0 Å². The third-order valence-corrected chi connectivity index (χ3v) is 4.64. The largest absolute Gasteiger partial charge is 0.374 e.